The first-order valence-electron chi connectivity index (χ1n) is 4.01. The van der Waals surface area contributed by atoms with E-state index in [1.165, 1.54) is 6.92 Å². The zero-order chi connectivity index (χ0) is 11.9. The van der Waals surface area contributed by atoms with E-state index >= 15 is 0 Å². The fraction of sp³-hybridized carbons (Fsp3) is 0.400. The zero-order valence-electron chi connectivity index (χ0n) is 8.70. The molecule has 0 unspecified atom stereocenters. The first-order chi connectivity index (χ1) is 6.20. The molecule has 14 heavy (non-hydrogen) atoms. The minimum Gasteiger partial charge on any atom is -0.478 e. The minimum atomic E-state index is -0.935. The Kier molecular flexibility index (Phi) is 7.34. The van der Waals surface area contributed by atoms with Gasteiger partial charge in [0.05, 0.1) is 0 Å². The van der Waals surface area contributed by atoms with Crippen molar-refractivity contribution in [1.29, 1.82) is 0 Å². The van der Waals surface area contributed by atoms with Gasteiger partial charge in [0, 0.05) is 11.1 Å². The molecule has 0 aliphatic carbocycles. The fourth-order valence-corrected chi connectivity index (χ4v) is 0.247. The van der Waals surface area contributed by atoms with E-state index in [4.69, 9.17) is 10.2 Å². The Morgan fingerprint density at radius 2 is 1.36 bits per heavy atom. The lowest BCUT2D eigenvalue weighted by Gasteiger charge is -2.00. The first-order valence-corrected chi connectivity index (χ1v) is 4.01. The molecular weight excluding hydrogens is 184 g/mol. The van der Waals surface area contributed by atoms with Crippen LogP contribution in [0.3, 0.4) is 0 Å². The van der Waals surface area contributed by atoms with Crippen LogP contribution in [0.4, 0.5) is 0 Å². The molecule has 80 valence electrons. The minimum absolute atomic E-state index is 0.0486. The van der Waals surface area contributed by atoms with Gasteiger partial charge in [-0.25, -0.2) is 9.59 Å². The molecule has 0 saturated heterocycles. The third kappa shape index (κ3) is 8.52. The summed E-state index contributed by atoms with van der Waals surface area (Å²) in [5, 5.41) is 16.1. The molecule has 0 aromatic rings. The highest BCUT2D eigenvalue weighted by Crippen LogP contribution is 2.04. The highest BCUT2D eigenvalue weighted by molar-refractivity contribution is 5.86. The summed E-state index contributed by atoms with van der Waals surface area (Å²) in [5.41, 5.74) is 0.444. The predicted molar refractivity (Wildman–Crippen MR) is 54.1 cm³/mol. The standard InChI is InChI=1S/C6H10O2.C4H6O2/c1-4(2)5(3)6(7)8;1-3(2)4(5)6/h4H,3H2,1-2H3,(H,7,8);1H2,2H3,(H,5,6). The maximum absolute atomic E-state index is 10.0. The summed E-state index contributed by atoms with van der Waals surface area (Å²) >= 11 is 0. The summed E-state index contributed by atoms with van der Waals surface area (Å²) < 4.78 is 0. The van der Waals surface area contributed by atoms with E-state index < -0.39 is 11.9 Å². The molecule has 0 aromatic heterocycles. The summed E-state index contributed by atoms with van der Waals surface area (Å²) in [5.74, 6) is -1.79. The van der Waals surface area contributed by atoms with E-state index in [0.717, 1.165) is 0 Å². The first kappa shape index (κ1) is 14.9. The van der Waals surface area contributed by atoms with Gasteiger partial charge in [-0.05, 0) is 12.8 Å². The van der Waals surface area contributed by atoms with Crippen LogP contribution in [0, 0.1) is 5.92 Å². The second kappa shape index (κ2) is 6.88. The summed E-state index contributed by atoms with van der Waals surface area (Å²) in [6.45, 7) is 11.6. The molecule has 0 bridgehead atoms. The van der Waals surface area contributed by atoms with Crippen molar-refractivity contribution in [2.45, 2.75) is 20.8 Å². The van der Waals surface area contributed by atoms with Gasteiger partial charge >= 0.3 is 11.9 Å². The fourth-order valence-electron chi connectivity index (χ4n) is 0.247. The Balaban J connectivity index is 0. The van der Waals surface area contributed by atoms with Crippen LogP contribution in [-0.2, 0) is 9.59 Å². The van der Waals surface area contributed by atoms with Crippen molar-refractivity contribution in [2.24, 2.45) is 5.92 Å². The van der Waals surface area contributed by atoms with Gasteiger partial charge in [-0.3, -0.25) is 0 Å². The zero-order valence-corrected chi connectivity index (χ0v) is 8.70. The SMILES string of the molecule is C=C(C(=O)O)C(C)C.C=C(C)C(=O)O. The lowest BCUT2D eigenvalue weighted by molar-refractivity contribution is -0.133. The molecule has 4 heteroatoms. The highest BCUT2D eigenvalue weighted by Gasteiger charge is 2.06. The Labute approximate surface area is 83.6 Å². The topological polar surface area (TPSA) is 74.6 Å². The van der Waals surface area contributed by atoms with Crippen molar-refractivity contribution in [2.75, 3.05) is 0 Å². The molecular formula is C10H16O4. The second-order valence-corrected chi connectivity index (χ2v) is 3.07. The summed E-state index contributed by atoms with van der Waals surface area (Å²) in [4.78, 5) is 19.6. The maximum Gasteiger partial charge on any atom is 0.331 e. The van der Waals surface area contributed by atoms with Gasteiger partial charge in [-0.2, -0.15) is 0 Å². The molecule has 0 aromatic carbocycles. The van der Waals surface area contributed by atoms with Gasteiger partial charge < -0.3 is 10.2 Å². The molecule has 0 aliphatic heterocycles. The van der Waals surface area contributed by atoms with Crippen LogP contribution >= 0.6 is 0 Å². The van der Waals surface area contributed by atoms with E-state index in [1.54, 1.807) is 13.8 Å². The third-order valence-corrected chi connectivity index (χ3v) is 1.34. The van der Waals surface area contributed by atoms with Crippen LogP contribution in [0.25, 0.3) is 0 Å². The number of hydrogen-bond acceptors (Lipinski definition) is 2. The summed E-state index contributed by atoms with van der Waals surface area (Å²) in [6, 6.07) is 0. The van der Waals surface area contributed by atoms with E-state index in [9.17, 15) is 9.59 Å². The Hall–Kier alpha value is -1.58. The molecule has 0 radical (unpaired) electrons. The quantitative estimate of drug-likeness (QED) is 0.682. The van der Waals surface area contributed by atoms with Gasteiger partial charge in [0.1, 0.15) is 0 Å². The molecule has 4 nitrogen and oxygen atoms in total. The molecule has 2 N–H and O–H groups in total. The Bertz CT molecular complexity index is 239. The van der Waals surface area contributed by atoms with Crippen LogP contribution < -0.4 is 0 Å². The van der Waals surface area contributed by atoms with Crippen LogP contribution in [0.5, 0.6) is 0 Å². The molecule has 0 aliphatic rings. The number of carbonyl (C=O) groups is 2. The molecule has 0 rings (SSSR count). The van der Waals surface area contributed by atoms with Crippen molar-refractivity contribution in [3.63, 3.8) is 0 Å². The van der Waals surface area contributed by atoms with Crippen LogP contribution in [0.1, 0.15) is 20.8 Å². The second-order valence-electron chi connectivity index (χ2n) is 3.07. The monoisotopic (exact) mass is 200 g/mol. The van der Waals surface area contributed by atoms with E-state index in [0.29, 0.717) is 0 Å². The average Bonchev–Trinajstić information content (AvgIpc) is 2.03. The Morgan fingerprint density at radius 3 is 1.36 bits per heavy atom. The highest BCUT2D eigenvalue weighted by atomic mass is 16.4. The van der Waals surface area contributed by atoms with Crippen molar-refractivity contribution in [3.8, 4) is 0 Å². The van der Waals surface area contributed by atoms with Crippen LogP contribution in [-0.4, -0.2) is 22.2 Å². The maximum atomic E-state index is 10.0. The van der Waals surface area contributed by atoms with Gasteiger partial charge in [-0.1, -0.05) is 27.0 Å². The number of hydrogen-bond donors (Lipinski definition) is 2. The van der Waals surface area contributed by atoms with Crippen LogP contribution in [0.2, 0.25) is 0 Å². The normalized spacial score (nSPS) is 8.57. The largest absolute Gasteiger partial charge is 0.478 e. The predicted octanol–water partition coefficient (Wildman–Crippen LogP) is 1.93. The van der Waals surface area contributed by atoms with E-state index in [-0.39, 0.29) is 17.1 Å². The van der Waals surface area contributed by atoms with E-state index in [2.05, 4.69) is 13.2 Å². The number of carboxylic acid groups (broad SMARTS) is 2. The van der Waals surface area contributed by atoms with Gasteiger partial charge in [-0.15, -0.1) is 0 Å². The molecule has 0 atom stereocenters. The summed E-state index contributed by atoms with van der Waals surface area (Å²) in [7, 11) is 0. The Morgan fingerprint density at radius 1 is 1.07 bits per heavy atom. The molecule has 0 heterocycles. The lowest BCUT2D eigenvalue weighted by Crippen LogP contribution is -2.04. The molecule has 0 fully saturated rings. The third-order valence-electron chi connectivity index (χ3n) is 1.34. The summed E-state index contributed by atoms with van der Waals surface area (Å²) in [6.07, 6.45) is 0. The van der Waals surface area contributed by atoms with Gasteiger partial charge in [0.25, 0.3) is 0 Å². The lowest BCUT2D eigenvalue weighted by atomic mass is 10.1. The van der Waals surface area contributed by atoms with E-state index in [1.807, 2.05) is 0 Å². The van der Waals surface area contributed by atoms with Crippen molar-refractivity contribution < 1.29 is 19.8 Å². The van der Waals surface area contributed by atoms with Gasteiger partial charge in [0.15, 0.2) is 0 Å². The molecule has 0 saturated carbocycles. The number of aliphatic carboxylic acids is 2. The van der Waals surface area contributed by atoms with Crippen molar-refractivity contribution >= 4 is 11.9 Å². The number of rotatable bonds is 3. The molecule has 0 spiro atoms. The average molecular weight is 200 g/mol. The smallest absolute Gasteiger partial charge is 0.331 e. The van der Waals surface area contributed by atoms with Crippen LogP contribution in [0.15, 0.2) is 24.3 Å². The number of carboxylic acids is 2. The van der Waals surface area contributed by atoms with Crippen molar-refractivity contribution in [3.05, 3.63) is 24.3 Å². The van der Waals surface area contributed by atoms with Gasteiger partial charge in [0.2, 0.25) is 0 Å². The molecule has 0 amide bonds. The van der Waals surface area contributed by atoms with Crippen molar-refractivity contribution in [1.82, 2.24) is 0 Å².